The molecule has 1 unspecified atom stereocenters. The molecule has 0 aromatic heterocycles. The molecule has 0 aliphatic carbocycles. The first-order chi connectivity index (χ1) is 4.27. The molecule has 10 heavy (non-hydrogen) atoms. The Hall–Kier alpha value is -0.295. The van der Waals surface area contributed by atoms with Gasteiger partial charge in [-0.25, -0.2) is 0 Å². The molecule has 0 rings (SSSR count). The lowest BCUT2D eigenvalue weighted by Crippen LogP contribution is -2.59. The van der Waals surface area contributed by atoms with Gasteiger partial charge in [0.05, 0.1) is 0 Å². The van der Waals surface area contributed by atoms with Crippen molar-refractivity contribution in [3.8, 4) is 0 Å². The summed E-state index contributed by atoms with van der Waals surface area (Å²) in [4.78, 5) is 0. The van der Waals surface area contributed by atoms with Crippen molar-refractivity contribution >= 4 is 7.25 Å². The third-order valence-electron chi connectivity index (χ3n) is 0.402. The minimum Gasteiger partial charge on any atom is -0.418 e. The number of hydrogen-bond acceptors (Lipinski definition) is 1. The second-order valence-corrected chi connectivity index (χ2v) is 1.54. The molecule has 0 saturated heterocycles. The van der Waals surface area contributed by atoms with Gasteiger partial charge in [-0.15, -0.1) is 0 Å². The van der Waals surface area contributed by atoms with Crippen LogP contribution < -0.4 is 5.73 Å². The molecule has 0 heterocycles. The van der Waals surface area contributed by atoms with E-state index >= 15 is 0 Å². The average molecular weight is 163 g/mol. The lowest BCUT2D eigenvalue weighted by atomic mass is 10.3. The van der Waals surface area contributed by atoms with Crippen molar-refractivity contribution in [2.75, 3.05) is 7.11 Å². The Bertz CT molecular complexity index is 69.4. The van der Waals surface area contributed by atoms with E-state index in [-0.39, 0.29) is 6.23 Å². The molecule has 1 atom stereocenters. The SMILES string of the molecule is COC(C)[NH3+].F[B-](F)(F)F. The zero-order valence-electron chi connectivity index (χ0n) is 5.78. The maximum atomic E-state index is 9.75. The third-order valence-corrected chi connectivity index (χ3v) is 0.402. The molecular weight excluding hydrogens is 153 g/mol. The van der Waals surface area contributed by atoms with Crippen molar-refractivity contribution in [3.63, 3.8) is 0 Å². The highest BCUT2D eigenvalue weighted by Gasteiger charge is 2.20. The number of halogens is 4. The Kier molecular flexibility index (Phi) is 6.80. The molecule has 0 spiro atoms. The molecule has 64 valence electrons. The third kappa shape index (κ3) is 119. The molecule has 0 aliphatic rings. The van der Waals surface area contributed by atoms with E-state index in [1.807, 2.05) is 6.92 Å². The number of methoxy groups -OCH3 is 1. The van der Waals surface area contributed by atoms with E-state index in [2.05, 4.69) is 10.5 Å². The van der Waals surface area contributed by atoms with Crippen LogP contribution in [0.3, 0.4) is 0 Å². The van der Waals surface area contributed by atoms with Crippen molar-refractivity contribution in [1.29, 1.82) is 0 Å². The quantitative estimate of drug-likeness (QED) is 0.341. The maximum absolute atomic E-state index is 9.75. The van der Waals surface area contributed by atoms with Crippen molar-refractivity contribution in [1.82, 2.24) is 0 Å². The summed E-state index contributed by atoms with van der Waals surface area (Å²) in [5.74, 6) is 0. The van der Waals surface area contributed by atoms with Gasteiger partial charge in [-0.2, -0.15) is 0 Å². The number of rotatable bonds is 1. The molecule has 2 nitrogen and oxygen atoms in total. The maximum Gasteiger partial charge on any atom is 0.673 e. The van der Waals surface area contributed by atoms with Crippen molar-refractivity contribution in [2.45, 2.75) is 13.2 Å². The van der Waals surface area contributed by atoms with Crippen LogP contribution in [0.2, 0.25) is 0 Å². The van der Waals surface area contributed by atoms with E-state index in [4.69, 9.17) is 0 Å². The monoisotopic (exact) mass is 163 g/mol. The largest absolute Gasteiger partial charge is 0.673 e. The molecule has 0 saturated carbocycles. The summed E-state index contributed by atoms with van der Waals surface area (Å²) in [6, 6.07) is 0. The second kappa shape index (κ2) is 5.49. The molecule has 0 radical (unpaired) electrons. The van der Waals surface area contributed by atoms with Crippen LogP contribution in [0.25, 0.3) is 0 Å². The average Bonchev–Trinajstić information content (AvgIpc) is 1.61. The van der Waals surface area contributed by atoms with Crippen molar-refractivity contribution in [3.05, 3.63) is 0 Å². The van der Waals surface area contributed by atoms with Crippen LogP contribution in [0.4, 0.5) is 17.3 Å². The Labute approximate surface area is 56.4 Å². The fourth-order valence-electron chi connectivity index (χ4n) is 0. The summed E-state index contributed by atoms with van der Waals surface area (Å²) in [7, 11) is -4.36. The Morgan fingerprint density at radius 1 is 1.30 bits per heavy atom. The molecule has 0 aromatic rings. The van der Waals surface area contributed by atoms with Gasteiger partial charge in [0, 0.05) is 14.0 Å². The van der Waals surface area contributed by atoms with Crippen LogP contribution in [0.1, 0.15) is 6.92 Å². The van der Waals surface area contributed by atoms with E-state index in [1.165, 1.54) is 0 Å². The fourth-order valence-corrected chi connectivity index (χ4v) is 0. The van der Waals surface area contributed by atoms with E-state index in [1.54, 1.807) is 7.11 Å². The van der Waals surface area contributed by atoms with Gasteiger partial charge < -0.3 is 27.7 Å². The number of ether oxygens (including phenoxy) is 1. The van der Waals surface area contributed by atoms with Gasteiger partial charge in [0.1, 0.15) is 0 Å². The number of hydrogen-bond donors (Lipinski definition) is 1. The molecule has 0 aromatic carbocycles. The smallest absolute Gasteiger partial charge is 0.418 e. The Balaban J connectivity index is 0. The van der Waals surface area contributed by atoms with Crippen LogP contribution in [-0.2, 0) is 4.74 Å². The van der Waals surface area contributed by atoms with Gasteiger partial charge in [0.25, 0.3) is 0 Å². The lowest BCUT2D eigenvalue weighted by Gasteiger charge is -1.94. The van der Waals surface area contributed by atoms with E-state index in [0.29, 0.717) is 0 Å². The van der Waals surface area contributed by atoms with Gasteiger partial charge in [-0.05, 0) is 0 Å². The lowest BCUT2D eigenvalue weighted by molar-refractivity contribution is -0.480. The van der Waals surface area contributed by atoms with Crippen LogP contribution in [-0.4, -0.2) is 20.6 Å². The summed E-state index contributed by atoms with van der Waals surface area (Å²) in [6.07, 6.45) is 0.134. The zero-order valence-corrected chi connectivity index (χ0v) is 5.78. The first-order valence-corrected chi connectivity index (χ1v) is 2.50. The van der Waals surface area contributed by atoms with Crippen molar-refractivity contribution < 1.29 is 27.7 Å². The van der Waals surface area contributed by atoms with E-state index in [0.717, 1.165) is 0 Å². The molecule has 0 aliphatic heterocycles. The molecule has 7 heteroatoms. The first kappa shape index (κ1) is 12.4. The van der Waals surface area contributed by atoms with E-state index < -0.39 is 7.25 Å². The zero-order chi connectivity index (χ0) is 8.78. The summed E-state index contributed by atoms with van der Waals surface area (Å²) in [5.41, 5.74) is 3.53. The second-order valence-electron chi connectivity index (χ2n) is 1.54. The minimum absolute atomic E-state index is 0.134. The highest BCUT2D eigenvalue weighted by atomic mass is 19.5. The summed E-state index contributed by atoms with van der Waals surface area (Å²) < 4.78 is 43.6. The van der Waals surface area contributed by atoms with Crippen LogP contribution in [0, 0.1) is 0 Å². The molecule has 3 N–H and O–H groups in total. The fraction of sp³-hybridized carbons (Fsp3) is 1.00. The van der Waals surface area contributed by atoms with Gasteiger partial charge >= 0.3 is 7.25 Å². The standard InChI is InChI=1S/C3H9NO.BF4/c1-3(4)5-2;2-1(3,4)5/h3H,4H2,1-2H3;/q;-1/p+1. The highest BCUT2D eigenvalue weighted by Crippen LogP contribution is 2.06. The van der Waals surface area contributed by atoms with Gasteiger partial charge in [-0.1, -0.05) is 0 Å². The predicted molar refractivity (Wildman–Crippen MR) is 29.5 cm³/mol. The molecule has 0 amide bonds. The first-order valence-electron chi connectivity index (χ1n) is 2.50. The number of quaternary nitrogens is 1. The van der Waals surface area contributed by atoms with Crippen LogP contribution in [0.15, 0.2) is 0 Å². The predicted octanol–water partition coefficient (Wildman–Crippen LogP) is 0.521. The highest BCUT2D eigenvalue weighted by molar-refractivity contribution is 6.50. The Morgan fingerprint density at radius 2 is 1.40 bits per heavy atom. The molecule has 0 bridgehead atoms. The van der Waals surface area contributed by atoms with E-state index in [9.17, 15) is 17.3 Å². The summed E-state index contributed by atoms with van der Waals surface area (Å²) in [5, 5.41) is 0. The Morgan fingerprint density at radius 3 is 1.40 bits per heavy atom. The summed E-state index contributed by atoms with van der Waals surface area (Å²) in [6.45, 7) is 1.89. The topological polar surface area (TPSA) is 36.9 Å². The summed E-state index contributed by atoms with van der Waals surface area (Å²) >= 11 is 0. The van der Waals surface area contributed by atoms with Crippen LogP contribution in [0.5, 0.6) is 0 Å². The molecular formula is C3H10BF4NO. The minimum atomic E-state index is -6.00. The normalized spacial score (nSPS) is 13.5. The van der Waals surface area contributed by atoms with Crippen LogP contribution >= 0.6 is 0 Å². The van der Waals surface area contributed by atoms with Gasteiger partial charge in [-0.3, -0.25) is 0 Å². The van der Waals surface area contributed by atoms with Crippen molar-refractivity contribution in [2.24, 2.45) is 0 Å². The van der Waals surface area contributed by atoms with Gasteiger partial charge in [0.2, 0.25) is 0 Å². The van der Waals surface area contributed by atoms with Gasteiger partial charge in [0.15, 0.2) is 6.23 Å². The molecule has 0 fully saturated rings.